The maximum absolute atomic E-state index is 12.0. The van der Waals surface area contributed by atoms with Gasteiger partial charge in [-0.25, -0.2) is 0 Å². The van der Waals surface area contributed by atoms with Gasteiger partial charge in [0.2, 0.25) is 5.91 Å². The zero-order valence-corrected chi connectivity index (χ0v) is 9.11. The Bertz CT molecular complexity index is 312. The zero-order valence-electron chi connectivity index (χ0n) is 9.11. The summed E-state index contributed by atoms with van der Waals surface area (Å²) < 4.78 is 5.17. The van der Waals surface area contributed by atoms with Crippen molar-refractivity contribution in [3.63, 3.8) is 0 Å². The second kappa shape index (κ2) is 4.40. The van der Waals surface area contributed by atoms with Crippen LogP contribution in [0.4, 0.5) is 0 Å². The Hall–Kier alpha value is -1.12. The number of carbonyl (C=O) groups excluding carboxylic acids is 1. The molecule has 0 aromatic carbocycles. The van der Waals surface area contributed by atoms with E-state index < -0.39 is 5.41 Å². The van der Waals surface area contributed by atoms with E-state index >= 15 is 0 Å². The highest BCUT2D eigenvalue weighted by Crippen LogP contribution is 2.31. The van der Waals surface area contributed by atoms with Gasteiger partial charge in [-0.3, -0.25) is 4.79 Å². The van der Waals surface area contributed by atoms with Gasteiger partial charge in [-0.2, -0.15) is 5.26 Å². The molecular weight excluding hydrogens is 208 g/mol. The van der Waals surface area contributed by atoms with Crippen molar-refractivity contribution in [2.24, 2.45) is 5.41 Å². The topological polar surface area (TPSA) is 82.4 Å². The van der Waals surface area contributed by atoms with Gasteiger partial charge < -0.3 is 15.2 Å². The highest BCUT2D eigenvalue weighted by atomic mass is 16.5. The maximum atomic E-state index is 12.0. The van der Waals surface area contributed by atoms with E-state index in [2.05, 4.69) is 11.4 Å². The summed E-state index contributed by atoms with van der Waals surface area (Å²) in [6.45, 7) is 0.933. The highest BCUT2D eigenvalue weighted by molar-refractivity contribution is 5.85. The molecule has 0 aromatic rings. The van der Waals surface area contributed by atoms with Gasteiger partial charge >= 0.3 is 0 Å². The van der Waals surface area contributed by atoms with Gasteiger partial charge in [-0.05, 0) is 25.7 Å². The van der Waals surface area contributed by atoms with Crippen molar-refractivity contribution in [3.05, 3.63) is 0 Å². The number of nitriles is 1. The molecule has 88 valence electrons. The van der Waals surface area contributed by atoms with Crippen LogP contribution in [0.1, 0.15) is 25.7 Å². The van der Waals surface area contributed by atoms with Crippen LogP contribution in [0.25, 0.3) is 0 Å². The first-order valence-corrected chi connectivity index (χ1v) is 5.64. The van der Waals surface area contributed by atoms with Crippen molar-refractivity contribution < 1.29 is 14.6 Å². The average molecular weight is 224 g/mol. The Morgan fingerprint density at radius 1 is 1.44 bits per heavy atom. The summed E-state index contributed by atoms with van der Waals surface area (Å²) in [5.41, 5.74) is -0.918. The van der Waals surface area contributed by atoms with Crippen LogP contribution in [0, 0.1) is 16.7 Å². The molecule has 1 saturated heterocycles. The van der Waals surface area contributed by atoms with Crippen LogP contribution < -0.4 is 5.32 Å². The molecule has 0 spiro atoms. The number of ether oxygens (including phenoxy) is 1. The first kappa shape index (κ1) is 11.4. The van der Waals surface area contributed by atoms with Gasteiger partial charge in [0.25, 0.3) is 0 Å². The van der Waals surface area contributed by atoms with E-state index in [1.54, 1.807) is 0 Å². The number of hydrogen-bond donors (Lipinski definition) is 2. The summed E-state index contributed by atoms with van der Waals surface area (Å²) in [5.74, 6) is -0.199. The molecule has 5 nitrogen and oxygen atoms in total. The third-order valence-electron chi connectivity index (χ3n) is 3.44. The van der Waals surface area contributed by atoms with Crippen molar-refractivity contribution in [1.82, 2.24) is 5.32 Å². The van der Waals surface area contributed by atoms with Gasteiger partial charge in [0, 0.05) is 19.3 Å². The molecule has 0 atom stereocenters. The van der Waals surface area contributed by atoms with Gasteiger partial charge in [-0.15, -0.1) is 0 Å². The molecule has 0 bridgehead atoms. The minimum atomic E-state index is -0.918. The van der Waals surface area contributed by atoms with E-state index in [9.17, 15) is 4.79 Å². The molecule has 0 aromatic heterocycles. The summed E-state index contributed by atoms with van der Waals surface area (Å²) in [6, 6.07) is 2.16. The van der Waals surface area contributed by atoms with Crippen LogP contribution >= 0.6 is 0 Å². The molecule has 0 unspecified atom stereocenters. The van der Waals surface area contributed by atoms with E-state index in [0.29, 0.717) is 38.9 Å². The molecule has 1 saturated carbocycles. The first-order valence-electron chi connectivity index (χ1n) is 5.64. The molecule has 2 N–H and O–H groups in total. The number of aliphatic hydroxyl groups excluding tert-OH is 1. The van der Waals surface area contributed by atoms with Crippen LogP contribution in [0.3, 0.4) is 0 Å². The van der Waals surface area contributed by atoms with Gasteiger partial charge in [0.15, 0.2) is 0 Å². The second-order valence-corrected chi connectivity index (χ2v) is 4.60. The monoisotopic (exact) mass is 224 g/mol. The lowest BCUT2D eigenvalue weighted by atomic mass is 9.79. The number of carbonyl (C=O) groups is 1. The standard InChI is InChI=1S/C11H16N2O3/c12-7-11(1-3-16-4-2-11)10(15)13-8-5-9(14)6-8/h8-9,14H,1-6H2,(H,13,15). The van der Waals surface area contributed by atoms with E-state index in [4.69, 9.17) is 15.1 Å². The fourth-order valence-corrected chi connectivity index (χ4v) is 2.14. The largest absolute Gasteiger partial charge is 0.393 e. The molecule has 1 amide bonds. The number of aliphatic hydroxyl groups is 1. The normalized spacial score (nSPS) is 32.2. The van der Waals surface area contributed by atoms with Crippen LogP contribution in [0.5, 0.6) is 0 Å². The summed E-state index contributed by atoms with van der Waals surface area (Å²) >= 11 is 0. The van der Waals surface area contributed by atoms with Crippen molar-refractivity contribution in [2.45, 2.75) is 37.8 Å². The Kier molecular flexibility index (Phi) is 3.13. The number of nitrogens with zero attached hydrogens (tertiary/aromatic N) is 1. The molecule has 2 rings (SSSR count). The minimum absolute atomic E-state index is 0.0376. The summed E-state index contributed by atoms with van der Waals surface area (Å²) in [6.07, 6.45) is 1.83. The molecule has 0 radical (unpaired) electrons. The predicted molar refractivity (Wildman–Crippen MR) is 55.3 cm³/mol. The quantitative estimate of drug-likeness (QED) is 0.688. The SMILES string of the molecule is N#CC1(C(=O)NC2CC(O)C2)CCOCC1. The molecule has 2 aliphatic rings. The number of nitrogens with one attached hydrogen (secondary N) is 1. The van der Waals surface area contributed by atoms with Gasteiger partial charge in [0.1, 0.15) is 5.41 Å². The number of hydrogen-bond acceptors (Lipinski definition) is 4. The fourth-order valence-electron chi connectivity index (χ4n) is 2.14. The van der Waals surface area contributed by atoms with Crippen molar-refractivity contribution in [1.29, 1.82) is 5.26 Å². The molecule has 2 fully saturated rings. The lowest BCUT2D eigenvalue weighted by molar-refractivity contribution is -0.134. The summed E-state index contributed by atoms with van der Waals surface area (Å²) in [4.78, 5) is 12.0. The lowest BCUT2D eigenvalue weighted by Crippen LogP contribution is -2.52. The number of amides is 1. The van der Waals surface area contributed by atoms with E-state index in [-0.39, 0.29) is 18.1 Å². The Balaban J connectivity index is 1.93. The lowest BCUT2D eigenvalue weighted by Gasteiger charge is -2.36. The summed E-state index contributed by atoms with van der Waals surface area (Å²) in [5, 5.41) is 21.1. The molecule has 1 aliphatic carbocycles. The van der Waals surface area contributed by atoms with Crippen LogP contribution in [0.15, 0.2) is 0 Å². The third kappa shape index (κ3) is 2.04. The zero-order chi connectivity index (χ0) is 11.6. The highest BCUT2D eigenvalue weighted by Gasteiger charge is 2.42. The Labute approximate surface area is 94.4 Å². The minimum Gasteiger partial charge on any atom is -0.393 e. The smallest absolute Gasteiger partial charge is 0.240 e. The van der Waals surface area contributed by atoms with Crippen LogP contribution in [0.2, 0.25) is 0 Å². The molecule has 1 aliphatic heterocycles. The van der Waals surface area contributed by atoms with Crippen LogP contribution in [-0.4, -0.2) is 36.4 Å². The van der Waals surface area contributed by atoms with Crippen molar-refractivity contribution in [3.8, 4) is 6.07 Å². The molecule has 16 heavy (non-hydrogen) atoms. The van der Waals surface area contributed by atoms with E-state index in [1.165, 1.54) is 0 Å². The van der Waals surface area contributed by atoms with Crippen molar-refractivity contribution >= 4 is 5.91 Å². The van der Waals surface area contributed by atoms with Gasteiger partial charge in [0.05, 0.1) is 12.2 Å². The average Bonchev–Trinajstić information content (AvgIpc) is 2.28. The fraction of sp³-hybridized carbons (Fsp3) is 0.818. The van der Waals surface area contributed by atoms with Gasteiger partial charge in [-0.1, -0.05) is 0 Å². The van der Waals surface area contributed by atoms with Crippen LogP contribution in [-0.2, 0) is 9.53 Å². The van der Waals surface area contributed by atoms with E-state index in [0.717, 1.165) is 0 Å². The third-order valence-corrected chi connectivity index (χ3v) is 3.44. The predicted octanol–water partition coefficient (Wildman–Crippen LogP) is -0.0537. The maximum Gasteiger partial charge on any atom is 0.240 e. The first-order chi connectivity index (χ1) is 7.66. The Morgan fingerprint density at radius 3 is 2.56 bits per heavy atom. The number of rotatable bonds is 2. The second-order valence-electron chi connectivity index (χ2n) is 4.60. The summed E-state index contributed by atoms with van der Waals surface area (Å²) in [7, 11) is 0. The molecule has 1 heterocycles. The Morgan fingerprint density at radius 2 is 2.06 bits per heavy atom. The molecule has 5 heteroatoms. The van der Waals surface area contributed by atoms with Crippen molar-refractivity contribution in [2.75, 3.05) is 13.2 Å². The van der Waals surface area contributed by atoms with E-state index in [1.807, 2.05) is 0 Å². The molecular formula is C11H16N2O3.